The van der Waals surface area contributed by atoms with Gasteiger partial charge in [-0.05, 0) is 33.9 Å². The minimum Gasteiger partial charge on any atom is -0.332 e. The van der Waals surface area contributed by atoms with Crippen molar-refractivity contribution >= 4 is 45.1 Å². The maximum atomic E-state index is 12.1. The molecule has 15 heavy (non-hydrogen) atoms. The van der Waals surface area contributed by atoms with Gasteiger partial charge in [0, 0.05) is 29.0 Å². The Morgan fingerprint density at radius 2 is 2.53 bits per heavy atom. The van der Waals surface area contributed by atoms with Crippen molar-refractivity contribution in [3.05, 3.63) is 15.5 Å². The lowest BCUT2D eigenvalue weighted by Gasteiger charge is -2.25. The molecular weight excluding hydrogens is 296 g/mol. The first kappa shape index (κ1) is 10.1. The predicted molar refractivity (Wildman–Crippen MR) is 65.5 cm³/mol. The highest BCUT2D eigenvalue weighted by atomic mass is 79.9. The van der Waals surface area contributed by atoms with E-state index in [9.17, 15) is 4.79 Å². The van der Waals surface area contributed by atoms with E-state index in [4.69, 9.17) is 0 Å². The third-order valence-electron chi connectivity index (χ3n) is 2.89. The van der Waals surface area contributed by atoms with Gasteiger partial charge in [0.2, 0.25) is 0 Å². The van der Waals surface area contributed by atoms with Gasteiger partial charge in [-0.15, -0.1) is 0 Å². The molecule has 1 amide bonds. The highest BCUT2D eigenvalue weighted by Gasteiger charge is 2.41. The zero-order chi connectivity index (χ0) is 10.4. The summed E-state index contributed by atoms with van der Waals surface area (Å²) in [6.45, 7) is 0.901. The predicted octanol–water partition coefficient (Wildman–Crippen LogP) is 2.24. The Kier molecular flexibility index (Phi) is 2.52. The number of hydrogen-bond donors (Lipinski definition) is 0. The van der Waals surface area contributed by atoms with Gasteiger partial charge in [0.15, 0.2) is 5.69 Å². The van der Waals surface area contributed by atoms with Crippen LogP contribution in [0.5, 0.6) is 0 Å². The van der Waals surface area contributed by atoms with E-state index in [1.165, 1.54) is 11.5 Å². The van der Waals surface area contributed by atoms with Crippen LogP contribution in [0.4, 0.5) is 0 Å². The van der Waals surface area contributed by atoms with Crippen molar-refractivity contribution in [1.82, 2.24) is 9.27 Å². The van der Waals surface area contributed by atoms with Crippen LogP contribution in [0.1, 0.15) is 16.9 Å². The lowest BCUT2D eigenvalue weighted by atomic mass is 10.2. The third-order valence-corrected chi connectivity index (χ3v) is 5.82. The lowest BCUT2D eigenvalue weighted by Crippen LogP contribution is -2.39. The fourth-order valence-corrected chi connectivity index (χ4v) is 4.75. The molecule has 6 heteroatoms. The molecule has 3 heterocycles. The third kappa shape index (κ3) is 1.62. The summed E-state index contributed by atoms with van der Waals surface area (Å²) in [7, 11) is 0. The number of nitrogens with zero attached hydrogens (tertiary/aromatic N) is 2. The van der Waals surface area contributed by atoms with Crippen LogP contribution in [0.2, 0.25) is 0 Å². The molecule has 1 aromatic rings. The van der Waals surface area contributed by atoms with E-state index in [0.29, 0.717) is 17.0 Å². The first-order chi connectivity index (χ1) is 7.25. The van der Waals surface area contributed by atoms with Gasteiger partial charge in [0.1, 0.15) is 0 Å². The van der Waals surface area contributed by atoms with Gasteiger partial charge in [0.05, 0.1) is 4.47 Å². The zero-order valence-corrected chi connectivity index (χ0v) is 11.1. The average molecular weight is 305 g/mol. The molecule has 80 valence electrons. The fraction of sp³-hybridized carbons (Fsp3) is 0.556. The van der Waals surface area contributed by atoms with Gasteiger partial charge < -0.3 is 4.90 Å². The summed E-state index contributed by atoms with van der Waals surface area (Å²) in [5, 5.41) is 2.52. The van der Waals surface area contributed by atoms with Crippen molar-refractivity contribution in [2.75, 3.05) is 12.3 Å². The number of rotatable bonds is 1. The van der Waals surface area contributed by atoms with Crippen LogP contribution < -0.4 is 0 Å². The van der Waals surface area contributed by atoms with Crippen LogP contribution in [0.15, 0.2) is 9.85 Å². The van der Waals surface area contributed by atoms with Gasteiger partial charge in [-0.2, -0.15) is 16.1 Å². The number of thioether (sulfide) groups is 1. The van der Waals surface area contributed by atoms with E-state index in [2.05, 4.69) is 20.3 Å². The monoisotopic (exact) mass is 304 g/mol. The van der Waals surface area contributed by atoms with Crippen molar-refractivity contribution in [2.24, 2.45) is 0 Å². The summed E-state index contributed by atoms with van der Waals surface area (Å²) in [5.41, 5.74) is 0.581. The Hall–Kier alpha value is -0.0700. The van der Waals surface area contributed by atoms with Crippen LogP contribution >= 0.6 is 39.2 Å². The van der Waals surface area contributed by atoms with Crippen molar-refractivity contribution in [3.8, 4) is 0 Å². The number of carbonyl (C=O) groups excluding carboxylic acids is 1. The van der Waals surface area contributed by atoms with Crippen molar-refractivity contribution in [3.63, 3.8) is 0 Å². The Labute approximate surface area is 105 Å². The van der Waals surface area contributed by atoms with Crippen molar-refractivity contribution in [2.45, 2.75) is 17.7 Å². The second-order valence-corrected chi connectivity index (χ2v) is 6.63. The minimum atomic E-state index is 0.0934. The molecule has 3 rings (SSSR count). The first-order valence-corrected chi connectivity index (χ1v) is 7.46. The Balaban J connectivity index is 1.84. The average Bonchev–Trinajstić information content (AvgIpc) is 2.91. The summed E-state index contributed by atoms with van der Waals surface area (Å²) in [4.78, 5) is 14.1. The van der Waals surface area contributed by atoms with Crippen LogP contribution in [0, 0.1) is 0 Å². The molecule has 0 aliphatic carbocycles. The molecular formula is C9H9BrN2OS2. The Bertz CT molecular complexity index is 409. The maximum Gasteiger partial charge on any atom is 0.275 e. The van der Waals surface area contributed by atoms with E-state index in [0.717, 1.165) is 23.2 Å². The van der Waals surface area contributed by atoms with Gasteiger partial charge >= 0.3 is 0 Å². The highest BCUT2D eigenvalue weighted by Crippen LogP contribution is 2.38. The first-order valence-electron chi connectivity index (χ1n) is 4.78. The molecule has 0 saturated carbocycles. The number of fused-ring (bicyclic) bond motifs is 2. The molecule has 2 atom stereocenters. The number of hydrogen-bond acceptors (Lipinski definition) is 4. The zero-order valence-electron chi connectivity index (χ0n) is 7.85. The number of likely N-dealkylation sites (tertiary alicyclic amines) is 1. The van der Waals surface area contributed by atoms with Crippen molar-refractivity contribution in [1.29, 1.82) is 0 Å². The highest BCUT2D eigenvalue weighted by molar-refractivity contribution is 9.10. The summed E-state index contributed by atoms with van der Waals surface area (Å²) < 4.78 is 4.97. The molecule has 2 unspecified atom stereocenters. The van der Waals surface area contributed by atoms with Crippen LogP contribution in [0.3, 0.4) is 0 Å². The molecule has 2 fully saturated rings. The normalized spacial score (nSPS) is 28.7. The summed E-state index contributed by atoms with van der Waals surface area (Å²) in [6.07, 6.45) is 1.16. The maximum absolute atomic E-state index is 12.1. The van der Waals surface area contributed by atoms with Gasteiger partial charge in [-0.1, -0.05) is 0 Å². The SMILES string of the molecule is O=C(c1nscc1Br)N1CC2CC1CS2. The smallest absolute Gasteiger partial charge is 0.275 e. The van der Waals surface area contributed by atoms with Gasteiger partial charge in [-0.3, -0.25) is 4.79 Å². The molecule has 3 nitrogen and oxygen atoms in total. The Morgan fingerprint density at radius 1 is 1.67 bits per heavy atom. The molecule has 2 aliphatic rings. The summed E-state index contributed by atoms with van der Waals surface area (Å²) >= 11 is 6.68. The molecule has 0 aromatic carbocycles. The molecule has 0 radical (unpaired) electrons. The summed E-state index contributed by atoms with van der Waals surface area (Å²) in [5.74, 6) is 1.19. The molecule has 0 N–H and O–H groups in total. The van der Waals surface area contributed by atoms with E-state index in [1.54, 1.807) is 0 Å². The second-order valence-electron chi connectivity index (χ2n) is 3.81. The standard InChI is InChI=1S/C9H9BrN2OS2/c10-7-4-15-11-8(7)9(13)12-2-6-1-5(12)3-14-6/h4-6H,1-3H2. The van der Waals surface area contributed by atoms with E-state index in [-0.39, 0.29) is 5.91 Å². The summed E-state index contributed by atoms with van der Waals surface area (Å²) in [6, 6.07) is 0.445. The minimum absolute atomic E-state index is 0.0934. The van der Waals surface area contributed by atoms with Crippen LogP contribution in [-0.4, -0.2) is 38.8 Å². The van der Waals surface area contributed by atoms with Crippen molar-refractivity contribution < 1.29 is 4.79 Å². The fourth-order valence-electron chi connectivity index (χ4n) is 2.15. The number of carbonyl (C=O) groups is 1. The van der Waals surface area contributed by atoms with E-state index < -0.39 is 0 Å². The lowest BCUT2D eigenvalue weighted by molar-refractivity contribution is 0.0742. The van der Waals surface area contributed by atoms with E-state index >= 15 is 0 Å². The van der Waals surface area contributed by atoms with Gasteiger partial charge in [-0.25, -0.2) is 0 Å². The topological polar surface area (TPSA) is 33.2 Å². The van der Waals surface area contributed by atoms with Gasteiger partial charge in [0.25, 0.3) is 5.91 Å². The molecule has 2 aliphatic heterocycles. The second kappa shape index (κ2) is 3.75. The Morgan fingerprint density at radius 3 is 3.07 bits per heavy atom. The van der Waals surface area contributed by atoms with Crippen LogP contribution in [0.25, 0.3) is 0 Å². The number of aromatic nitrogens is 1. The quantitative estimate of drug-likeness (QED) is 0.798. The van der Waals surface area contributed by atoms with E-state index in [1.807, 2.05) is 22.0 Å². The molecule has 1 aromatic heterocycles. The molecule has 0 spiro atoms. The number of halogens is 1. The molecule has 2 saturated heterocycles. The number of amides is 1. The van der Waals surface area contributed by atoms with Crippen LogP contribution in [-0.2, 0) is 0 Å². The molecule has 2 bridgehead atoms. The largest absolute Gasteiger partial charge is 0.332 e.